The van der Waals surface area contributed by atoms with Crippen LogP contribution in [0.2, 0.25) is 0 Å². The number of halogens is 2. The SMILES string of the molecule is COc1c(F)ccc(F)c1CC1CCNCC1. The van der Waals surface area contributed by atoms with Gasteiger partial charge in [-0.15, -0.1) is 0 Å². The van der Waals surface area contributed by atoms with Gasteiger partial charge in [0.25, 0.3) is 0 Å². The fraction of sp³-hybridized carbons (Fsp3) is 0.538. The van der Waals surface area contributed by atoms with E-state index in [1.165, 1.54) is 13.2 Å². The fourth-order valence-corrected chi connectivity index (χ4v) is 2.36. The Morgan fingerprint density at radius 3 is 2.53 bits per heavy atom. The third-order valence-electron chi connectivity index (χ3n) is 3.31. The number of nitrogens with one attached hydrogen (secondary N) is 1. The molecule has 1 aliphatic heterocycles. The van der Waals surface area contributed by atoms with Crippen LogP contribution in [0.25, 0.3) is 0 Å². The summed E-state index contributed by atoms with van der Waals surface area (Å²) in [6, 6.07) is 2.29. The summed E-state index contributed by atoms with van der Waals surface area (Å²) in [6.07, 6.45) is 2.55. The quantitative estimate of drug-likeness (QED) is 0.878. The summed E-state index contributed by atoms with van der Waals surface area (Å²) in [5.41, 5.74) is 0.374. The minimum absolute atomic E-state index is 0.0588. The van der Waals surface area contributed by atoms with Crippen molar-refractivity contribution in [2.75, 3.05) is 20.2 Å². The maximum atomic E-state index is 13.7. The van der Waals surface area contributed by atoms with Gasteiger partial charge in [0.05, 0.1) is 7.11 Å². The molecule has 1 aromatic carbocycles. The third-order valence-corrected chi connectivity index (χ3v) is 3.31. The highest BCUT2D eigenvalue weighted by molar-refractivity contribution is 5.36. The summed E-state index contributed by atoms with van der Waals surface area (Å²) in [6.45, 7) is 1.90. The van der Waals surface area contributed by atoms with Crippen LogP contribution in [0, 0.1) is 17.6 Å². The van der Waals surface area contributed by atoms with Gasteiger partial charge in [-0.1, -0.05) is 0 Å². The Balaban J connectivity index is 2.21. The second-order valence-electron chi connectivity index (χ2n) is 4.44. The largest absolute Gasteiger partial charge is 0.493 e. The Labute approximate surface area is 100.0 Å². The van der Waals surface area contributed by atoms with Gasteiger partial charge in [0.1, 0.15) is 5.82 Å². The molecule has 0 bridgehead atoms. The molecular weight excluding hydrogens is 224 g/mol. The minimum atomic E-state index is -0.488. The molecule has 0 radical (unpaired) electrons. The van der Waals surface area contributed by atoms with Crippen molar-refractivity contribution in [3.05, 3.63) is 29.3 Å². The third kappa shape index (κ3) is 2.75. The summed E-state index contributed by atoms with van der Waals surface area (Å²) in [7, 11) is 1.38. The van der Waals surface area contributed by atoms with Gasteiger partial charge in [-0.2, -0.15) is 0 Å². The molecule has 2 rings (SSSR count). The first-order chi connectivity index (χ1) is 8.22. The van der Waals surface area contributed by atoms with E-state index in [1.54, 1.807) is 0 Å². The van der Waals surface area contributed by atoms with E-state index in [1.807, 2.05) is 0 Å². The molecule has 0 aliphatic carbocycles. The molecule has 0 amide bonds. The predicted octanol–water partition coefficient (Wildman–Crippen LogP) is 2.52. The monoisotopic (exact) mass is 241 g/mol. The van der Waals surface area contributed by atoms with Crippen molar-refractivity contribution >= 4 is 0 Å². The normalized spacial score (nSPS) is 17.1. The standard InChI is InChI=1S/C13H17F2NO/c1-17-13-10(11(14)2-3-12(13)15)8-9-4-6-16-7-5-9/h2-3,9,16H,4-8H2,1H3. The van der Waals surface area contributed by atoms with E-state index in [2.05, 4.69) is 5.32 Å². The molecule has 1 saturated heterocycles. The van der Waals surface area contributed by atoms with E-state index < -0.39 is 5.82 Å². The van der Waals surface area contributed by atoms with E-state index in [4.69, 9.17) is 4.74 Å². The minimum Gasteiger partial charge on any atom is -0.493 e. The van der Waals surface area contributed by atoms with Gasteiger partial charge in [-0.3, -0.25) is 0 Å². The van der Waals surface area contributed by atoms with Gasteiger partial charge in [-0.05, 0) is 50.4 Å². The fourth-order valence-electron chi connectivity index (χ4n) is 2.36. The summed E-state index contributed by atoms with van der Waals surface area (Å²) in [4.78, 5) is 0. The molecule has 4 heteroatoms. The lowest BCUT2D eigenvalue weighted by molar-refractivity contribution is 0.345. The highest BCUT2D eigenvalue weighted by atomic mass is 19.1. The molecule has 0 atom stereocenters. The van der Waals surface area contributed by atoms with Crippen molar-refractivity contribution < 1.29 is 13.5 Å². The van der Waals surface area contributed by atoms with E-state index in [0.29, 0.717) is 17.9 Å². The Kier molecular flexibility index (Phi) is 3.94. The van der Waals surface area contributed by atoms with Crippen LogP contribution >= 0.6 is 0 Å². The van der Waals surface area contributed by atoms with E-state index in [0.717, 1.165) is 32.0 Å². The summed E-state index contributed by atoms with van der Waals surface area (Å²) in [5.74, 6) is -0.399. The van der Waals surface area contributed by atoms with Crippen LogP contribution in [0.1, 0.15) is 18.4 Å². The number of methoxy groups -OCH3 is 1. The first kappa shape index (κ1) is 12.3. The maximum absolute atomic E-state index is 13.7. The zero-order chi connectivity index (χ0) is 12.3. The number of piperidine rings is 1. The van der Waals surface area contributed by atoms with Gasteiger partial charge >= 0.3 is 0 Å². The molecule has 0 unspecified atom stereocenters. The van der Waals surface area contributed by atoms with Crippen LogP contribution in [-0.4, -0.2) is 20.2 Å². The van der Waals surface area contributed by atoms with Crippen LogP contribution in [-0.2, 0) is 6.42 Å². The number of hydrogen-bond donors (Lipinski definition) is 1. The van der Waals surface area contributed by atoms with Gasteiger partial charge in [0.15, 0.2) is 11.6 Å². The molecule has 1 heterocycles. The van der Waals surface area contributed by atoms with Crippen LogP contribution in [0.5, 0.6) is 5.75 Å². The summed E-state index contributed by atoms with van der Waals surface area (Å²) < 4.78 is 32.2. The number of ether oxygens (including phenoxy) is 1. The highest BCUT2D eigenvalue weighted by Crippen LogP contribution is 2.29. The second kappa shape index (κ2) is 5.45. The number of rotatable bonds is 3. The lowest BCUT2D eigenvalue weighted by atomic mass is 9.90. The molecular formula is C13H17F2NO. The zero-order valence-corrected chi connectivity index (χ0v) is 9.93. The summed E-state index contributed by atoms with van der Waals surface area (Å²) >= 11 is 0. The average Bonchev–Trinajstić information content (AvgIpc) is 2.35. The van der Waals surface area contributed by atoms with Crippen LogP contribution in [0.3, 0.4) is 0 Å². The van der Waals surface area contributed by atoms with Crippen molar-refractivity contribution in [3.8, 4) is 5.75 Å². The highest BCUT2D eigenvalue weighted by Gasteiger charge is 2.20. The Morgan fingerprint density at radius 2 is 1.88 bits per heavy atom. The van der Waals surface area contributed by atoms with Crippen LogP contribution in [0.15, 0.2) is 12.1 Å². The Hall–Kier alpha value is -1.16. The molecule has 0 spiro atoms. The molecule has 0 aromatic heterocycles. The molecule has 1 aliphatic rings. The Morgan fingerprint density at radius 1 is 1.24 bits per heavy atom. The first-order valence-electron chi connectivity index (χ1n) is 5.94. The number of benzene rings is 1. The van der Waals surface area contributed by atoms with Crippen molar-refractivity contribution in [2.24, 2.45) is 5.92 Å². The van der Waals surface area contributed by atoms with Gasteiger partial charge in [0.2, 0.25) is 0 Å². The van der Waals surface area contributed by atoms with Crippen LogP contribution < -0.4 is 10.1 Å². The van der Waals surface area contributed by atoms with Crippen molar-refractivity contribution in [1.82, 2.24) is 5.32 Å². The molecule has 1 N–H and O–H groups in total. The summed E-state index contributed by atoms with van der Waals surface area (Å²) in [5, 5.41) is 3.26. The molecule has 0 saturated carbocycles. The molecule has 17 heavy (non-hydrogen) atoms. The van der Waals surface area contributed by atoms with Gasteiger partial charge in [-0.25, -0.2) is 8.78 Å². The lowest BCUT2D eigenvalue weighted by Crippen LogP contribution is -2.29. The topological polar surface area (TPSA) is 21.3 Å². The second-order valence-corrected chi connectivity index (χ2v) is 4.44. The lowest BCUT2D eigenvalue weighted by Gasteiger charge is -2.23. The van der Waals surface area contributed by atoms with Gasteiger partial charge in [0, 0.05) is 5.56 Å². The zero-order valence-electron chi connectivity index (χ0n) is 9.93. The van der Waals surface area contributed by atoms with Crippen molar-refractivity contribution in [1.29, 1.82) is 0 Å². The van der Waals surface area contributed by atoms with E-state index in [-0.39, 0.29) is 11.6 Å². The molecule has 1 fully saturated rings. The van der Waals surface area contributed by atoms with Crippen LogP contribution in [0.4, 0.5) is 8.78 Å². The predicted molar refractivity (Wildman–Crippen MR) is 62.2 cm³/mol. The first-order valence-corrected chi connectivity index (χ1v) is 5.94. The van der Waals surface area contributed by atoms with Crippen molar-refractivity contribution in [3.63, 3.8) is 0 Å². The molecule has 2 nitrogen and oxygen atoms in total. The average molecular weight is 241 g/mol. The number of hydrogen-bond acceptors (Lipinski definition) is 2. The Bertz CT molecular complexity index is 389. The molecule has 94 valence electrons. The molecule has 1 aromatic rings. The van der Waals surface area contributed by atoms with Crippen molar-refractivity contribution in [2.45, 2.75) is 19.3 Å². The van der Waals surface area contributed by atoms with Gasteiger partial charge < -0.3 is 10.1 Å². The van der Waals surface area contributed by atoms with E-state index in [9.17, 15) is 8.78 Å². The smallest absolute Gasteiger partial charge is 0.165 e. The van der Waals surface area contributed by atoms with E-state index >= 15 is 0 Å². The maximum Gasteiger partial charge on any atom is 0.165 e.